The van der Waals surface area contributed by atoms with Gasteiger partial charge in [0.1, 0.15) is 5.84 Å². The van der Waals surface area contributed by atoms with Crippen molar-refractivity contribution >= 4 is 22.8 Å². The average Bonchev–Trinajstić information content (AvgIpc) is 2.86. The van der Waals surface area contributed by atoms with Gasteiger partial charge in [-0.1, -0.05) is 31.2 Å². The predicted octanol–water partition coefficient (Wildman–Crippen LogP) is 1.81. The molecule has 1 aliphatic rings. The number of hydrogen-bond donors (Lipinski definition) is 2. The van der Waals surface area contributed by atoms with Gasteiger partial charge >= 0.3 is 0 Å². The molecule has 0 saturated heterocycles. The number of rotatable bonds is 3. The summed E-state index contributed by atoms with van der Waals surface area (Å²) in [6.45, 7) is 3.75. The molecule has 1 saturated carbocycles. The number of aliphatic imine (C=N–C) groups is 2. The highest BCUT2D eigenvalue weighted by molar-refractivity contribution is 8.13. The number of aliphatic hydroxyl groups excluding tert-OH is 1. The number of nitrogens with one attached hydrogen (secondary N) is 1. The van der Waals surface area contributed by atoms with Gasteiger partial charge in [0, 0.05) is 18.7 Å². The van der Waals surface area contributed by atoms with E-state index in [1.54, 1.807) is 7.05 Å². The van der Waals surface area contributed by atoms with Crippen molar-refractivity contribution in [2.24, 2.45) is 9.98 Å². The molecular formula is C12H21N3OS. The lowest BCUT2D eigenvalue weighted by Gasteiger charge is -2.16. The molecule has 4 nitrogen and oxygen atoms in total. The van der Waals surface area contributed by atoms with Crippen molar-refractivity contribution in [2.45, 2.75) is 31.7 Å². The molecule has 5 heteroatoms. The summed E-state index contributed by atoms with van der Waals surface area (Å²) in [5.41, 5.74) is 0.618. The van der Waals surface area contributed by atoms with Gasteiger partial charge in [0.25, 0.3) is 0 Å². The van der Waals surface area contributed by atoms with Crippen molar-refractivity contribution in [3.05, 3.63) is 12.2 Å². The number of nitrogens with zero attached hydrogens (tertiary/aromatic N) is 2. The predicted molar refractivity (Wildman–Crippen MR) is 75.9 cm³/mol. The Bertz CT molecular complexity index is 320. The Hall–Kier alpha value is -0.810. The summed E-state index contributed by atoms with van der Waals surface area (Å²) in [7, 11) is 1.71. The van der Waals surface area contributed by atoms with Crippen LogP contribution in [-0.4, -0.2) is 42.1 Å². The van der Waals surface area contributed by atoms with Crippen molar-refractivity contribution in [3.63, 3.8) is 0 Å². The van der Waals surface area contributed by atoms with Gasteiger partial charge < -0.3 is 10.4 Å². The fraction of sp³-hybridized carbons (Fsp3) is 0.667. The van der Waals surface area contributed by atoms with E-state index in [0.29, 0.717) is 22.6 Å². The Balaban J connectivity index is 2.75. The summed E-state index contributed by atoms with van der Waals surface area (Å²) < 4.78 is 0. The quantitative estimate of drug-likeness (QED) is 0.597. The van der Waals surface area contributed by atoms with Gasteiger partial charge in [0.2, 0.25) is 0 Å². The Kier molecular flexibility index (Phi) is 6.29. The minimum Gasteiger partial charge on any atom is -0.392 e. The summed E-state index contributed by atoms with van der Waals surface area (Å²) in [5, 5.41) is 13.2. The highest BCUT2D eigenvalue weighted by atomic mass is 32.2. The number of hydrogen-bond acceptors (Lipinski definition) is 3. The van der Waals surface area contributed by atoms with E-state index in [4.69, 9.17) is 0 Å². The average molecular weight is 255 g/mol. The molecule has 0 unspecified atom stereocenters. The lowest BCUT2D eigenvalue weighted by Crippen LogP contribution is -2.35. The monoisotopic (exact) mass is 255 g/mol. The minimum atomic E-state index is -0.0794. The molecule has 0 bridgehead atoms. The van der Waals surface area contributed by atoms with Crippen LogP contribution in [-0.2, 0) is 0 Å². The Morgan fingerprint density at radius 2 is 2.12 bits per heavy atom. The molecule has 1 rings (SSSR count). The Morgan fingerprint density at radius 3 is 2.59 bits per heavy atom. The standard InChI is InChI=1S/C12H21N3OS/c1-9(8-16)11(15-12(13-2)17-3)14-10-6-4-5-7-10/h10,16H,1,4-8H2,2-3H3,(H,13,14,15). The van der Waals surface area contributed by atoms with Crippen molar-refractivity contribution < 1.29 is 5.11 Å². The maximum atomic E-state index is 9.17. The van der Waals surface area contributed by atoms with Crippen LogP contribution in [0.3, 0.4) is 0 Å². The Labute approximate surface area is 107 Å². The molecule has 96 valence electrons. The third kappa shape index (κ3) is 4.52. The highest BCUT2D eigenvalue weighted by Crippen LogP contribution is 2.18. The molecule has 0 atom stereocenters. The zero-order valence-electron chi connectivity index (χ0n) is 10.6. The van der Waals surface area contributed by atoms with Crippen LogP contribution < -0.4 is 5.32 Å². The second kappa shape index (κ2) is 7.50. The van der Waals surface area contributed by atoms with Gasteiger partial charge in [0.15, 0.2) is 5.17 Å². The second-order valence-corrected chi connectivity index (χ2v) is 4.83. The Morgan fingerprint density at radius 1 is 1.47 bits per heavy atom. The summed E-state index contributed by atoms with van der Waals surface area (Å²) in [4.78, 5) is 8.47. The van der Waals surface area contributed by atoms with Gasteiger partial charge in [0.05, 0.1) is 6.61 Å². The first kappa shape index (κ1) is 14.3. The molecule has 0 spiro atoms. The molecule has 1 fully saturated rings. The van der Waals surface area contributed by atoms with Crippen LogP contribution in [0.1, 0.15) is 25.7 Å². The first-order valence-electron chi connectivity index (χ1n) is 5.86. The molecule has 0 amide bonds. The van der Waals surface area contributed by atoms with Crippen LogP contribution in [0.15, 0.2) is 22.1 Å². The number of aliphatic hydroxyl groups is 1. The zero-order chi connectivity index (χ0) is 12.7. The largest absolute Gasteiger partial charge is 0.392 e. The van der Waals surface area contributed by atoms with Crippen molar-refractivity contribution in [1.29, 1.82) is 0 Å². The molecule has 0 aromatic heterocycles. The third-order valence-corrected chi connectivity index (χ3v) is 3.44. The van der Waals surface area contributed by atoms with Crippen LogP contribution in [0, 0.1) is 0 Å². The topological polar surface area (TPSA) is 57.0 Å². The van der Waals surface area contributed by atoms with Gasteiger partial charge in [-0.2, -0.15) is 0 Å². The fourth-order valence-electron chi connectivity index (χ4n) is 1.83. The lowest BCUT2D eigenvalue weighted by molar-refractivity contribution is 0.336. The van der Waals surface area contributed by atoms with Crippen molar-refractivity contribution in [2.75, 3.05) is 19.9 Å². The molecule has 0 aliphatic heterocycles. The SMILES string of the molecule is C=C(CO)/C(=N\C(=N/C)SC)NC1CCCC1. The summed E-state index contributed by atoms with van der Waals surface area (Å²) in [5.74, 6) is 0.675. The molecule has 0 heterocycles. The molecular weight excluding hydrogens is 234 g/mol. The van der Waals surface area contributed by atoms with E-state index in [1.807, 2.05) is 6.26 Å². The molecule has 1 aliphatic carbocycles. The number of thioether (sulfide) groups is 1. The lowest BCUT2D eigenvalue weighted by atomic mass is 10.2. The van der Waals surface area contributed by atoms with Gasteiger partial charge in [-0.3, -0.25) is 4.99 Å². The summed E-state index contributed by atoms with van der Waals surface area (Å²) >= 11 is 1.48. The smallest absolute Gasteiger partial charge is 0.184 e. The van der Waals surface area contributed by atoms with Gasteiger partial charge in [-0.05, 0) is 19.1 Å². The summed E-state index contributed by atoms with van der Waals surface area (Å²) in [6, 6.07) is 0.456. The molecule has 17 heavy (non-hydrogen) atoms. The zero-order valence-corrected chi connectivity index (χ0v) is 11.4. The number of amidine groups is 2. The summed E-state index contributed by atoms with van der Waals surface area (Å²) in [6.07, 6.45) is 6.77. The highest BCUT2D eigenvalue weighted by Gasteiger charge is 2.17. The maximum absolute atomic E-state index is 9.17. The van der Waals surface area contributed by atoms with Crippen molar-refractivity contribution in [3.8, 4) is 0 Å². The van der Waals surface area contributed by atoms with E-state index in [1.165, 1.54) is 24.6 Å². The molecule has 0 radical (unpaired) electrons. The van der Waals surface area contributed by atoms with E-state index >= 15 is 0 Å². The van der Waals surface area contributed by atoms with Gasteiger partial charge in [-0.15, -0.1) is 0 Å². The van der Waals surface area contributed by atoms with Crippen LogP contribution in [0.2, 0.25) is 0 Å². The maximum Gasteiger partial charge on any atom is 0.184 e. The molecule has 2 N–H and O–H groups in total. The first-order chi connectivity index (χ1) is 8.21. The van der Waals surface area contributed by atoms with Crippen LogP contribution >= 0.6 is 11.8 Å². The molecule has 0 aromatic rings. The third-order valence-electron chi connectivity index (χ3n) is 2.80. The van der Waals surface area contributed by atoms with Crippen LogP contribution in [0.25, 0.3) is 0 Å². The van der Waals surface area contributed by atoms with E-state index in [-0.39, 0.29) is 6.61 Å². The van der Waals surface area contributed by atoms with E-state index < -0.39 is 0 Å². The molecule has 0 aromatic carbocycles. The van der Waals surface area contributed by atoms with Gasteiger partial charge in [-0.25, -0.2) is 4.99 Å². The normalized spacial score (nSPS) is 18.5. The van der Waals surface area contributed by atoms with Crippen molar-refractivity contribution in [1.82, 2.24) is 5.32 Å². The fourth-order valence-corrected chi connectivity index (χ4v) is 2.20. The second-order valence-electron chi connectivity index (χ2n) is 4.06. The van der Waals surface area contributed by atoms with E-state index in [0.717, 1.165) is 12.8 Å². The van der Waals surface area contributed by atoms with E-state index in [9.17, 15) is 5.11 Å². The van der Waals surface area contributed by atoms with Crippen LogP contribution in [0.4, 0.5) is 0 Å². The van der Waals surface area contributed by atoms with Crippen LogP contribution in [0.5, 0.6) is 0 Å². The minimum absolute atomic E-state index is 0.0794. The van der Waals surface area contributed by atoms with E-state index in [2.05, 4.69) is 21.9 Å². The first-order valence-corrected chi connectivity index (χ1v) is 7.08.